The summed E-state index contributed by atoms with van der Waals surface area (Å²) >= 11 is 0. The summed E-state index contributed by atoms with van der Waals surface area (Å²) < 4.78 is 7.23. The van der Waals surface area contributed by atoms with Crippen LogP contribution in [0.3, 0.4) is 0 Å². The van der Waals surface area contributed by atoms with Crippen molar-refractivity contribution in [2.75, 3.05) is 7.11 Å². The maximum Gasteiger partial charge on any atom is 0.0932 e. The molecule has 23 heavy (non-hydrogen) atoms. The van der Waals surface area contributed by atoms with E-state index in [9.17, 15) is 5.11 Å². The number of hydrogen-bond donors (Lipinski definition) is 1. The Kier molecular flexibility index (Phi) is 4.41. The zero-order valence-electron chi connectivity index (χ0n) is 13.7. The van der Waals surface area contributed by atoms with E-state index in [1.54, 1.807) is 7.11 Å². The Labute approximate surface area is 135 Å². The summed E-state index contributed by atoms with van der Waals surface area (Å²) in [5.41, 5.74) is 6.71. The van der Waals surface area contributed by atoms with Gasteiger partial charge in [0.1, 0.15) is 0 Å². The Morgan fingerprint density at radius 2 is 2.09 bits per heavy atom. The van der Waals surface area contributed by atoms with Crippen LogP contribution in [0.25, 0.3) is 16.6 Å². The third-order valence-corrected chi connectivity index (χ3v) is 4.03. The van der Waals surface area contributed by atoms with Crippen molar-refractivity contribution < 1.29 is 9.84 Å². The van der Waals surface area contributed by atoms with E-state index >= 15 is 0 Å². The maximum absolute atomic E-state index is 9.95. The predicted octanol–water partition coefficient (Wildman–Crippen LogP) is 2.91. The second-order valence-corrected chi connectivity index (χ2v) is 5.62. The molecular formula is C18H21N3O2. The average molecular weight is 311 g/mol. The predicted molar refractivity (Wildman–Crippen MR) is 89.2 cm³/mol. The van der Waals surface area contributed by atoms with E-state index in [0.29, 0.717) is 6.61 Å². The molecule has 3 heterocycles. The molecule has 0 unspecified atom stereocenters. The van der Waals surface area contributed by atoms with E-state index in [4.69, 9.17) is 4.74 Å². The van der Waals surface area contributed by atoms with E-state index in [1.807, 2.05) is 23.8 Å². The first-order valence-corrected chi connectivity index (χ1v) is 7.73. The highest BCUT2D eigenvalue weighted by atomic mass is 16.5. The normalized spacial score (nSPS) is 11.3. The lowest BCUT2D eigenvalue weighted by atomic mass is 9.99. The highest BCUT2D eigenvalue weighted by Crippen LogP contribution is 2.31. The first kappa shape index (κ1) is 15.6. The second kappa shape index (κ2) is 6.48. The molecule has 0 amide bonds. The van der Waals surface area contributed by atoms with Gasteiger partial charge in [-0.15, -0.1) is 0 Å². The number of fused-ring (bicyclic) bond motifs is 1. The minimum Gasteiger partial charge on any atom is -0.392 e. The highest BCUT2D eigenvalue weighted by molar-refractivity contribution is 5.83. The van der Waals surface area contributed by atoms with Gasteiger partial charge in [-0.2, -0.15) is 5.10 Å². The SMILES string of the molecule is CCc1ccc2c(-c3cncc(C)c3)c(CO)c(COC)nn12. The molecule has 1 N–H and O–H groups in total. The number of rotatable bonds is 5. The van der Waals surface area contributed by atoms with Crippen LogP contribution in [0.4, 0.5) is 0 Å². The lowest BCUT2D eigenvalue weighted by Crippen LogP contribution is -2.09. The number of ether oxygens (including phenoxy) is 1. The van der Waals surface area contributed by atoms with Crippen LogP contribution >= 0.6 is 0 Å². The van der Waals surface area contributed by atoms with E-state index in [1.165, 1.54) is 0 Å². The Balaban J connectivity index is 2.38. The van der Waals surface area contributed by atoms with Crippen molar-refractivity contribution in [1.82, 2.24) is 14.6 Å². The minimum atomic E-state index is -0.0852. The summed E-state index contributed by atoms with van der Waals surface area (Å²) in [5, 5.41) is 14.6. The number of methoxy groups -OCH3 is 1. The van der Waals surface area contributed by atoms with E-state index in [0.717, 1.165) is 45.6 Å². The molecular weight excluding hydrogens is 290 g/mol. The van der Waals surface area contributed by atoms with Gasteiger partial charge in [0.05, 0.1) is 24.4 Å². The quantitative estimate of drug-likeness (QED) is 0.787. The van der Waals surface area contributed by atoms with Crippen LogP contribution < -0.4 is 0 Å². The Morgan fingerprint density at radius 1 is 1.26 bits per heavy atom. The van der Waals surface area contributed by atoms with Gasteiger partial charge in [0.15, 0.2) is 0 Å². The fourth-order valence-corrected chi connectivity index (χ4v) is 2.96. The van der Waals surface area contributed by atoms with Crippen LogP contribution in [-0.4, -0.2) is 26.8 Å². The van der Waals surface area contributed by atoms with Crippen molar-refractivity contribution in [2.45, 2.75) is 33.5 Å². The van der Waals surface area contributed by atoms with Crippen molar-refractivity contribution in [1.29, 1.82) is 0 Å². The Bertz CT molecular complexity index is 840. The first-order valence-electron chi connectivity index (χ1n) is 7.73. The van der Waals surface area contributed by atoms with Crippen LogP contribution in [0.15, 0.2) is 30.6 Å². The molecule has 0 aliphatic rings. The molecule has 0 bridgehead atoms. The molecule has 0 fully saturated rings. The molecule has 120 valence electrons. The zero-order chi connectivity index (χ0) is 16.4. The smallest absolute Gasteiger partial charge is 0.0932 e. The highest BCUT2D eigenvalue weighted by Gasteiger charge is 2.18. The van der Waals surface area contributed by atoms with Crippen molar-refractivity contribution in [2.24, 2.45) is 0 Å². The Morgan fingerprint density at radius 3 is 2.74 bits per heavy atom. The molecule has 3 rings (SSSR count). The van der Waals surface area contributed by atoms with Gasteiger partial charge in [-0.1, -0.05) is 6.92 Å². The number of pyridine rings is 1. The van der Waals surface area contributed by atoms with Gasteiger partial charge in [-0.3, -0.25) is 4.98 Å². The number of aryl methyl sites for hydroxylation is 2. The summed E-state index contributed by atoms with van der Waals surface area (Å²) in [7, 11) is 1.64. The van der Waals surface area contributed by atoms with Gasteiger partial charge >= 0.3 is 0 Å². The van der Waals surface area contributed by atoms with Crippen LogP contribution in [0.5, 0.6) is 0 Å². The molecule has 5 nitrogen and oxygen atoms in total. The molecule has 3 aromatic rings. The molecule has 0 radical (unpaired) electrons. The van der Waals surface area contributed by atoms with E-state index < -0.39 is 0 Å². The van der Waals surface area contributed by atoms with E-state index in [-0.39, 0.29) is 6.61 Å². The molecule has 0 aromatic carbocycles. The van der Waals surface area contributed by atoms with Crippen LogP contribution in [-0.2, 0) is 24.4 Å². The van der Waals surface area contributed by atoms with Gasteiger partial charge in [0.2, 0.25) is 0 Å². The average Bonchev–Trinajstić information content (AvgIpc) is 2.96. The minimum absolute atomic E-state index is 0.0852. The van der Waals surface area contributed by atoms with E-state index in [2.05, 4.69) is 35.2 Å². The Hall–Kier alpha value is -2.24. The van der Waals surface area contributed by atoms with Gasteiger partial charge < -0.3 is 9.84 Å². The van der Waals surface area contributed by atoms with Crippen molar-refractivity contribution in [3.05, 3.63) is 53.1 Å². The fraction of sp³-hybridized carbons (Fsp3) is 0.333. The number of aromatic nitrogens is 3. The molecule has 5 heteroatoms. The van der Waals surface area contributed by atoms with Gasteiger partial charge in [0, 0.05) is 41.9 Å². The summed E-state index contributed by atoms with van der Waals surface area (Å²) in [5.74, 6) is 0. The molecule has 0 saturated heterocycles. The molecule has 0 atom stereocenters. The van der Waals surface area contributed by atoms with Crippen molar-refractivity contribution >= 4 is 5.52 Å². The number of hydrogen-bond acceptors (Lipinski definition) is 4. The summed E-state index contributed by atoms with van der Waals surface area (Å²) in [6, 6.07) is 6.21. The topological polar surface area (TPSA) is 59.7 Å². The van der Waals surface area contributed by atoms with Crippen molar-refractivity contribution in [3.8, 4) is 11.1 Å². The third kappa shape index (κ3) is 2.73. The number of nitrogens with zero attached hydrogens (tertiary/aromatic N) is 3. The molecule has 0 saturated carbocycles. The second-order valence-electron chi connectivity index (χ2n) is 5.62. The monoisotopic (exact) mass is 311 g/mol. The zero-order valence-corrected chi connectivity index (χ0v) is 13.7. The van der Waals surface area contributed by atoms with Gasteiger partial charge in [-0.25, -0.2) is 4.52 Å². The standard InChI is InChI=1S/C18H21N3O2/c1-4-14-5-6-17-18(13-7-12(2)8-19-9-13)15(10-22)16(11-23-3)20-21(14)17/h5-9,22H,4,10-11H2,1-3H3. The van der Waals surface area contributed by atoms with Crippen LogP contribution in [0, 0.1) is 6.92 Å². The first-order chi connectivity index (χ1) is 11.2. The van der Waals surface area contributed by atoms with Crippen LogP contribution in [0.2, 0.25) is 0 Å². The number of aliphatic hydroxyl groups excluding tert-OH is 1. The number of aliphatic hydroxyl groups is 1. The molecule has 0 aliphatic heterocycles. The molecule has 3 aromatic heterocycles. The summed E-state index contributed by atoms with van der Waals surface area (Å²) in [6.07, 6.45) is 4.54. The van der Waals surface area contributed by atoms with Gasteiger partial charge in [0.25, 0.3) is 0 Å². The lowest BCUT2D eigenvalue weighted by Gasteiger charge is -2.15. The van der Waals surface area contributed by atoms with Crippen molar-refractivity contribution in [3.63, 3.8) is 0 Å². The summed E-state index contributed by atoms with van der Waals surface area (Å²) in [4.78, 5) is 4.30. The molecule has 0 aliphatic carbocycles. The largest absolute Gasteiger partial charge is 0.392 e. The third-order valence-electron chi connectivity index (χ3n) is 4.03. The van der Waals surface area contributed by atoms with Crippen LogP contribution in [0.1, 0.15) is 29.4 Å². The van der Waals surface area contributed by atoms with Gasteiger partial charge in [-0.05, 0) is 37.1 Å². The fourth-order valence-electron chi connectivity index (χ4n) is 2.96. The lowest BCUT2D eigenvalue weighted by molar-refractivity contribution is 0.176. The molecule has 0 spiro atoms. The summed E-state index contributed by atoms with van der Waals surface area (Å²) in [6.45, 7) is 4.39. The maximum atomic E-state index is 9.95.